The number of pyridine rings is 1. The number of rotatable bonds is 12. The monoisotopic (exact) mass is 631 g/mol. The second kappa shape index (κ2) is 15.2. The average molecular weight is 632 g/mol. The molecule has 0 amide bonds. The molecule has 0 saturated carbocycles. The number of halogens is 3. The maximum atomic E-state index is 14.2. The van der Waals surface area contributed by atoms with E-state index in [0.717, 1.165) is 16.7 Å². The van der Waals surface area contributed by atoms with Crippen molar-refractivity contribution in [1.82, 2.24) is 9.88 Å². The zero-order valence-corrected chi connectivity index (χ0v) is 25.7. The molecule has 6 nitrogen and oxygen atoms in total. The highest BCUT2D eigenvalue weighted by Gasteiger charge is 2.50. The summed E-state index contributed by atoms with van der Waals surface area (Å²) in [7, 11) is 0. The summed E-state index contributed by atoms with van der Waals surface area (Å²) in [6.07, 6.45) is -3.89. The summed E-state index contributed by atoms with van der Waals surface area (Å²) in [5.74, 6) is 0.147. The Morgan fingerprint density at radius 3 is 1.61 bits per heavy atom. The second-order valence-corrected chi connectivity index (χ2v) is 12.1. The Labute approximate surface area is 268 Å². The number of likely N-dealkylation sites (tertiary alicyclic amines) is 1. The van der Waals surface area contributed by atoms with Crippen molar-refractivity contribution < 1.29 is 27.4 Å². The van der Waals surface area contributed by atoms with Gasteiger partial charge in [-0.2, -0.15) is 13.2 Å². The van der Waals surface area contributed by atoms with E-state index in [9.17, 15) is 13.2 Å². The Bertz CT molecular complexity index is 1410. The molecule has 6 rings (SSSR count). The van der Waals surface area contributed by atoms with Crippen molar-refractivity contribution in [1.29, 1.82) is 0 Å². The molecule has 46 heavy (non-hydrogen) atoms. The first kappa shape index (κ1) is 32.2. The van der Waals surface area contributed by atoms with Gasteiger partial charge in [-0.15, -0.1) is 0 Å². The van der Waals surface area contributed by atoms with E-state index in [2.05, 4.69) is 9.88 Å². The first-order valence-electron chi connectivity index (χ1n) is 15.9. The predicted octanol–water partition coefficient (Wildman–Crippen LogP) is 6.91. The van der Waals surface area contributed by atoms with E-state index in [1.807, 2.05) is 91.0 Å². The van der Waals surface area contributed by atoms with Crippen molar-refractivity contribution in [2.45, 2.75) is 56.8 Å². The number of ether oxygens (including phenoxy) is 3. The average Bonchev–Trinajstić information content (AvgIpc) is 3.52. The predicted molar refractivity (Wildman–Crippen MR) is 171 cm³/mol. The van der Waals surface area contributed by atoms with Gasteiger partial charge in [-0.05, 0) is 41.2 Å². The van der Waals surface area contributed by atoms with Crippen LogP contribution in [-0.2, 0) is 34.0 Å². The Kier molecular flexibility index (Phi) is 10.7. The largest absolute Gasteiger partial charge is 0.408 e. The molecule has 242 valence electrons. The zero-order valence-electron chi connectivity index (χ0n) is 25.7. The first-order chi connectivity index (χ1) is 22.4. The van der Waals surface area contributed by atoms with Gasteiger partial charge >= 0.3 is 6.18 Å². The van der Waals surface area contributed by atoms with E-state index in [0.29, 0.717) is 45.3 Å². The van der Waals surface area contributed by atoms with Gasteiger partial charge in [-0.3, -0.25) is 4.90 Å². The normalized spacial score (nSPS) is 22.7. The third-order valence-electron chi connectivity index (χ3n) is 8.73. The minimum Gasteiger partial charge on any atom is -0.369 e. The second-order valence-electron chi connectivity index (χ2n) is 12.1. The maximum Gasteiger partial charge on any atom is 0.408 e. The lowest BCUT2D eigenvalue weighted by Gasteiger charge is -2.44. The smallest absolute Gasteiger partial charge is 0.369 e. The molecule has 9 heteroatoms. The van der Waals surface area contributed by atoms with Gasteiger partial charge in [0.15, 0.2) is 0 Å². The fourth-order valence-corrected chi connectivity index (χ4v) is 6.52. The minimum absolute atomic E-state index is 0.00951. The lowest BCUT2D eigenvalue weighted by Crippen LogP contribution is -2.58. The van der Waals surface area contributed by atoms with Gasteiger partial charge in [0, 0.05) is 32.4 Å². The van der Waals surface area contributed by atoms with Gasteiger partial charge in [0.05, 0.1) is 32.0 Å². The van der Waals surface area contributed by atoms with Crippen LogP contribution < -0.4 is 4.90 Å². The van der Waals surface area contributed by atoms with E-state index >= 15 is 0 Å². The summed E-state index contributed by atoms with van der Waals surface area (Å²) in [4.78, 5) is 7.86. The van der Waals surface area contributed by atoms with Crippen LogP contribution in [0.15, 0.2) is 115 Å². The number of hydrogen-bond donors (Lipinski definition) is 0. The first-order valence-corrected chi connectivity index (χ1v) is 15.9. The van der Waals surface area contributed by atoms with Crippen LogP contribution in [0.3, 0.4) is 0 Å². The quantitative estimate of drug-likeness (QED) is 0.169. The Balaban J connectivity index is 1.22. The van der Waals surface area contributed by atoms with Crippen LogP contribution in [0.5, 0.6) is 0 Å². The van der Waals surface area contributed by atoms with Gasteiger partial charge in [0.25, 0.3) is 0 Å². The van der Waals surface area contributed by atoms with E-state index in [1.165, 1.54) is 4.90 Å². The van der Waals surface area contributed by atoms with Crippen molar-refractivity contribution >= 4 is 5.82 Å². The molecule has 0 N–H and O–H groups in total. The minimum atomic E-state index is -4.35. The summed E-state index contributed by atoms with van der Waals surface area (Å²) < 4.78 is 62.4. The molecule has 2 fully saturated rings. The van der Waals surface area contributed by atoms with Crippen LogP contribution in [0.2, 0.25) is 0 Å². The lowest BCUT2D eigenvalue weighted by molar-refractivity contribution is -0.185. The van der Waals surface area contributed by atoms with Gasteiger partial charge in [-0.1, -0.05) is 97.1 Å². The van der Waals surface area contributed by atoms with E-state index in [-0.39, 0.29) is 37.2 Å². The molecular formula is C37H40F3N3O3. The molecule has 0 aliphatic carbocycles. The molecule has 3 aromatic carbocycles. The number of alkyl halides is 3. The molecule has 3 heterocycles. The van der Waals surface area contributed by atoms with E-state index in [4.69, 9.17) is 14.2 Å². The van der Waals surface area contributed by atoms with Crippen molar-refractivity contribution in [2.24, 2.45) is 5.92 Å². The van der Waals surface area contributed by atoms with Crippen LogP contribution in [0.25, 0.3) is 0 Å². The summed E-state index contributed by atoms with van der Waals surface area (Å²) in [5.41, 5.74) is 3.13. The topological polar surface area (TPSA) is 47.1 Å². The van der Waals surface area contributed by atoms with Gasteiger partial charge in [-0.25, -0.2) is 4.98 Å². The van der Waals surface area contributed by atoms with E-state index in [1.54, 1.807) is 24.4 Å². The van der Waals surface area contributed by atoms with Crippen LogP contribution in [0.1, 0.15) is 23.1 Å². The molecule has 2 aliphatic rings. The van der Waals surface area contributed by atoms with E-state index < -0.39 is 12.2 Å². The van der Waals surface area contributed by atoms with Crippen molar-refractivity contribution in [3.63, 3.8) is 0 Å². The summed E-state index contributed by atoms with van der Waals surface area (Å²) in [6, 6.07) is 33.4. The Morgan fingerprint density at radius 1 is 0.630 bits per heavy atom. The third-order valence-corrected chi connectivity index (χ3v) is 8.73. The molecular weight excluding hydrogens is 591 g/mol. The van der Waals surface area contributed by atoms with Crippen molar-refractivity contribution in [3.8, 4) is 0 Å². The van der Waals surface area contributed by atoms with Crippen molar-refractivity contribution in [2.75, 3.05) is 31.1 Å². The molecule has 4 atom stereocenters. The molecule has 2 saturated heterocycles. The number of piperidine rings is 1. The third kappa shape index (κ3) is 8.53. The SMILES string of the molecule is FC(F)(F)C1C[C@@H](CN2C[C@H](OCc3ccccc3)C(OCc3ccccc3)[C@@H](OCc3ccccc3)C2)CN1c1ccccn1. The summed E-state index contributed by atoms with van der Waals surface area (Å²) >= 11 is 0. The van der Waals surface area contributed by atoms with Crippen LogP contribution in [0, 0.1) is 5.92 Å². The molecule has 4 aromatic rings. The number of anilines is 1. The van der Waals surface area contributed by atoms with Gasteiger partial charge in [0.2, 0.25) is 0 Å². The van der Waals surface area contributed by atoms with Crippen LogP contribution in [0.4, 0.5) is 19.0 Å². The highest BCUT2D eigenvalue weighted by molar-refractivity contribution is 5.41. The number of hydrogen-bond acceptors (Lipinski definition) is 6. The highest BCUT2D eigenvalue weighted by atomic mass is 19.4. The zero-order chi connectivity index (χ0) is 31.8. The molecule has 0 spiro atoms. The summed E-state index contributed by atoms with van der Waals surface area (Å²) in [6.45, 7) is 2.99. The Hall–Kier alpha value is -3.76. The highest BCUT2D eigenvalue weighted by Crippen LogP contribution is 2.38. The van der Waals surface area contributed by atoms with Crippen LogP contribution >= 0.6 is 0 Å². The molecule has 0 bridgehead atoms. The van der Waals surface area contributed by atoms with Gasteiger partial charge < -0.3 is 19.1 Å². The summed E-state index contributed by atoms with van der Waals surface area (Å²) in [5, 5.41) is 0. The number of nitrogens with zero attached hydrogens (tertiary/aromatic N) is 3. The standard InChI is InChI=1S/C37H40F3N3O3/c38-37(39,40)34-20-31(22-43(34)35-18-10-11-19-41-35)21-42-23-32(44-25-28-12-4-1-5-13-28)36(46-27-30-16-8-3-9-17-30)33(24-42)45-26-29-14-6-2-7-15-29/h1-19,31-34,36H,20-27H2/t31-,32-,33-,34?/m0/s1. The molecule has 1 aromatic heterocycles. The maximum absolute atomic E-state index is 14.2. The Morgan fingerprint density at radius 2 is 1.13 bits per heavy atom. The molecule has 2 aliphatic heterocycles. The molecule has 1 unspecified atom stereocenters. The number of aromatic nitrogens is 1. The molecule has 0 radical (unpaired) electrons. The van der Waals surface area contributed by atoms with Gasteiger partial charge in [0.1, 0.15) is 18.0 Å². The fourth-order valence-electron chi connectivity index (χ4n) is 6.52. The van der Waals surface area contributed by atoms with Crippen molar-refractivity contribution in [3.05, 3.63) is 132 Å². The fraction of sp³-hybridized carbons (Fsp3) is 0.378. The van der Waals surface area contributed by atoms with Crippen LogP contribution in [-0.4, -0.2) is 66.6 Å². The number of benzene rings is 3. The lowest BCUT2D eigenvalue weighted by atomic mass is 9.98.